The normalized spacial score (nSPS) is 25.8. The molecule has 0 aromatic heterocycles. The van der Waals surface area contributed by atoms with Crippen LogP contribution in [0.15, 0.2) is 23.1 Å². The Hall–Kier alpha value is -1.72. The van der Waals surface area contributed by atoms with Crippen LogP contribution in [0.2, 0.25) is 0 Å². The average molecular weight is 467 g/mol. The first kappa shape index (κ1) is 23.4. The van der Waals surface area contributed by atoms with E-state index >= 15 is 0 Å². The van der Waals surface area contributed by atoms with Crippen LogP contribution in [0.4, 0.5) is 11.4 Å². The molecule has 0 aliphatic carbocycles. The molecule has 0 bridgehead atoms. The number of carbonyl (C=O) groups excluding carboxylic acids is 1. The lowest BCUT2D eigenvalue weighted by Gasteiger charge is -2.34. The highest BCUT2D eigenvalue weighted by molar-refractivity contribution is 7.89. The third-order valence-corrected chi connectivity index (χ3v) is 8.05. The Morgan fingerprint density at radius 2 is 1.72 bits per heavy atom. The molecule has 2 atom stereocenters. The van der Waals surface area contributed by atoms with Crippen LogP contribution in [0.3, 0.4) is 0 Å². The third kappa shape index (κ3) is 5.43. The minimum absolute atomic E-state index is 0.0775. The van der Waals surface area contributed by atoms with Gasteiger partial charge in [-0.1, -0.05) is 0 Å². The Bertz CT molecular complexity index is 903. The molecule has 178 valence electrons. The van der Waals surface area contributed by atoms with Gasteiger partial charge in [0.05, 0.1) is 48.2 Å². The molecule has 3 heterocycles. The van der Waals surface area contributed by atoms with Crippen LogP contribution in [-0.2, 0) is 24.3 Å². The molecule has 32 heavy (non-hydrogen) atoms. The summed E-state index contributed by atoms with van der Waals surface area (Å²) in [7, 11) is -3.65. The summed E-state index contributed by atoms with van der Waals surface area (Å²) in [6, 6.07) is 5.09. The van der Waals surface area contributed by atoms with Crippen LogP contribution in [0, 0.1) is 0 Å². The van der Waals surface area contributed by atoms with Gasteiger partial charge < -0.3 is 19.7 Å². The van der Waals surface area contributed by atoms with Gasteiger partial charge in [-0.25, -0.2) is 8.42 Å². The first-order valence-electron chi connectivity index (χ1n) is 11.5. The van der Waals surface area contributed by atoms with Crippen molar-refractivity contribution in [2.45, 2.75) is 43.8 Å². The van der Waals surface area contributed by atoms with Crippen molar-refractivity contribution in [2.75, 3.05) is 69.2 Å². The number of rotatable bonds is 6. The summed E-state index contributed by atoms with van der Waals surface area (Å²) in [5.41, 5.74) is 1.43. The average Bonchev–Trinajstić information content (AvgIpc) is 3.28. The number of morpholine rings is 2. The van der Waals surface area contributed by atoms with E-state index in [1.165, 1.54) is 4.31 Å². The van der Waals surface area contributed by atoms with Crippen molar-refractivity contribution in [3.05, 3.63) is 18.2 Å². The Morgan fingerprint density at radius 3 is 2.38 bits per heavy atom. The van der Waals surface area contributed by atoms with E-state index in [9.17, 15) is 13.2 Å². The number of hydrogen-bond donors (Lipinski definition) is 1. The second kappa shape index (κ2) is 10.0. The van der Waals surface area contributed by atoms with Crippen molar-refractivity contribution in [3.8, 4) is 0 Å². The number of ether oxygens (including phenoxy) is 2. The lowest BCUT2D eigenvalue weighted by atomic mass is 10.2. The molecular formula is C22H34N4O5S. The van der Waals surface area contributed by atoms with Gasteiger partial charge in [-0.05, 0) is 44.9 Å². The summed E-state index contributed by atoms with van der Waals surface area (Å²) in [6.45, 7) is 8.92. The maximum atomic E-state index is 13.2. The predicted octanol–water partition coefficient (Wildman–Crippen LogP) is 1.36. The monoisotopic (exact) mass is 466 g/mol. The van der Waals surface area contributed by atoms with Gasteiger partial charge in [0.25, 0.3) is 0 Å². The van der Waals surface area contributed by atoms with Gasteiger partial charge in [0, 0.05) is 39.3 Å². The van der Waals surface area contributed by atoms with Crippen molar-refractivity contribution >= 4 is 27.3 Å². The van der Waals surface area contributed by atoms with E-state index in [0.29, 0.717) is 45.1 Å². The summed E-state index contributed by atoms with van der Waals surface area (Å²) in [5, 5.41) is 3.01. The van der Waals surface area contributed by atoms with Crippen molar-refractivity contribution < 1.29 is 22.7 Å². The first-order valence-corrected chi connectivity index (χ1v) is 12.9. The SMILES string of the molecule is C[C@@H]1CN(CC(=O)Nc2cc(S(=O)(=O)N3CCOCC3)ccc2N2CCCC2)C[C@@H](C)O1. The predicted molar refractivity (Wildman–Crippen MR) is 123 cm³/mol. The summed E-state index contributed by atoms with van der Waals surface area (Å²) in [4.78, 5) is 17.4. The zero-order chi connectivity index (χ0) is 22.7. The van der Waals surface area contributed by atoms with Crippen LogP contribution >= 0.6 is 0 Å². The molecule has 0 unspecified atom stereocenters. The van der Waals surface area contributed by atoms with E-state index in [1.807, 2.05) is 19.9 Å². The van der Waals surface area contributed by atoms with Gasteiger partial charge in [0.2, 0.25) is 15.9 Å². The van der Waals surface area contributed by atoms with Gasteiger partial charge in [-0.2, -0.15) is 4.31 Å². The highest BCUT2D eigenvalue weighted by Crippen LogP contribution is 2.32. The van der Waals surface area contributed by atoms with E-state index in [-0.39, 0.29) is 29.6 Å². The van der Waals surface area contributed by atoms with Gasteiger partial charge in [-0.15, -0.1) is 0 Å². The van der Waals surface area contributed by atoms with Gasteiger partial charge in [0.1, 0.15) is 0 Å². The van der Waals surface area contributed by atoms with Crippen molar-refractivity contribution in [2.24, 2.45) is 0 Å². The molecule has 3 aliphatic heterocycles. The standard InChI is InChI=1S/C22H34N4O5S/c1-17-14-24(15-18(2)31-17)16-22(27)23-20-13-19(5-6-21(20)25-7-3-4-8-25)32(28,29)26-9-11-30-12-10-26/h5-6,13,17-18H,3-4,7-12,14-16H2,1-2H3,(H,23,27)/t17-,18-/m1/s1. The van der Waals surface area contributed by atoms with E-state index in [4.69, 9.17) is 9.47 Å². The fourth-order valence-corrected chi connectivity index (χ4v) is 6.19. The quantitative estimate of drug-likeness (QED) is 0.677. The number of nitrogens with one attached hydrogen (secondary N) is 1. The van der Waals surface area contributed by atoms with Gasteiger partial charge in [-0.3, -0.25) is 9.69 Å². The van der Waals surface area contributed by atoms with E-state index in [2.05, 4.69) is 15.1 Å². The number of anilines is 2. The van der Waals surface area contributed by atoms with Crippen LogP contribution in [0.25, 0.3) is 0 Å². The van der Waals surface area contributed by atoms with Crippen LogP contribution in [0.1, 0.15) is 26.7 Å². The maximum Gasteiger partial charge on any atom is 0.243 e. The number of nitrogens with zero attached hydrogens (tertiary/aromatic N) is 3. The fourth-order valence-electron chi connectivity index (χ4n) is 4.75. The second-order valence-corrected chi connectivity index (χ2v) is 10.8. The summed E-state index contributed by atoms with van der Waals surface area (Å²) in [5.74, 6) is -0.146. The zero-order valence-corrected chi connectivity index (χ0v) is 19.8. The highest BCUT2D eigenvalue weighted by atomic mass is 32.2. The number of carbonyl (C=O) groups is 1. The smallest absolute Gasteiger partial charge is 0.243 e. The van der Waals surface area contributed by atoms with E-state index in [0.717, 1.165) is 31.6 Å². The molecule has 3 fully saturated rings. The molecule has 3 aliphatic rings. The topological polar surface area (TPSA) is 91.4 Å². The molecule has 3 saturated heterocycles. The highest BCUT2D eigenvalue weighted by Gasteiger charge is 2.29. The molecule has 0 saturated carbocycles. The molecule has 0 spiro atoms. The Labute approximate surface area is 190 Å². The molecule has 1 N–H and O–H groups in total. The molecular weight excluding hydrogens is 432 g/mol. The summed E-state index contributed by atoms with van der Waals surface area (Å²) in [6.07, 6.45) is 2.33. The van der Waals surface area contributed by atoms with Crippen molar-refractivity contribution in [1.29, 1.82) is 0 Å². The third-order valence-electron chi connectivity index (χ3n) is 6.16. The molecule has 1 aromatic carbocycles. The largest absolute Gasteiger partial charge is 0.379 e. The van der Waals surface area contributed by atoms with Crippen LogP contribution < -0.4 is 10.2 Å². The minimum Gasteiger partial charge on any atom is -0.379 e. The van der Waals surface area contributed by atoms with Crippen molar-refractivity contribution in [1.82, 2.24) is 9.21 Å². The van der Waals surface area contributed by atoms with Crippen molar-refractivity contribution in [3.63, 3.8) is 0 Å². The number of benzene rings is 1. The number of sulfonamides is 1. The Kier molecular flexibility index (Phi) is 7.36. The summed E-state index contributed by atoms with van der Waals surface area (Å²) < 4.78 is 38.8. The molecule has 1 amide bonds. The van der Waals surface area contributed by atoms with E-state index < -0.39 is 10.0 Å². The lowest BCUT2D eigenvalue weighted by molar-refractivity contribution is -0.121. The zero-order valence-electron chi connectivity index (χ0n) is 19.0. The lowest BCUT2D eigenvalue weighted by Crippen LogP contribution is -2.48. The molecule has 4 rings (SSSR count). The summed E-state index contributed by atoms with van der Waals surface area (Å²) >= 11 is 0. The molecule has 10 heteroatoms. The van der Waals surface area contributed by atoms with Crippen LogP contribution in [-0.4, -0.2) is 94.8 Å². The number of hydrogen-bond acceptors (Lipinski definition) is 7. The maximum absolute atomic E-state index is 13.2. The van der Waals surface area contributed by atoms with Gasteiger partial charge >= 0.3 is 0 Å². The molecule has 0 radical (unpaired) electrons. The van der Waals surface area contributed by atoms with Gasteiger partial charge in [0.15, 0.2) is 0 Å². The van der Waals surface area contributed by atoms with Crippen LogP contribution in [0.5, 0.6) is 0 Å². The molecule has 9 nitrogen and oxygen atoms in total. The Balaban J connectivity index is 1.55. The minimum atomic E-state index is -3.65. The fraction of sp³-hybridized carbons (Fsp3) is 0.682. The Morgan fingerprint density at radius 1 is 1.06 bits per heavy atom. The first-order chi connectivity index (χ1) is 15.3. The molecule has 1 aromatic rings. The number of amides is 1. The van der Waals surface area contributed by atoms with E-state index in [1.54, 1.807) is 12.1 Å². The second-order valence-electron chi connectivity index (χ2n) is 8.89.